The third kappa shape index (κ3) is 6.09. The first-order chi connectivity index (χ1) is 18.0. The van der Waals surface area contributed by atoms with E-state index >= 15 is 0 Å². The molecule has 1 aliphatic rings. The summed E-state index contributed by atoms with van der Waals surface area (Å²) in [6, 6.07) is 11.3. The molecule has 38 heavy (non-hydrogen) atoms. The van der Waals surface area contributed by atoms with Crippen molar-refractivity contribution in [2.45, 2.75) is 43.9 Å². The van der Waals surface area contributed by atoms with Crippen LogP contribution in [0.3, 0.4) is 0 Å². The molecule has 8 nitrogen and oxygen atoms in total. The number of likely N-dealkylation sites (tertiary alicyclic amines) is 1. The second-order valence-electron chi connectivity index (χ2n) is 9.66. The summed E-state index contributed by atoms with van der Waals surface area (Å²) in [4.78, 5) is 11.5. The van der Waals surface area contributed by atoms with Crippen LogP contribution < -0.4 is 5.32 Å². The minimum absolute atomic E-state index is 0.140. The SMILES string of the molecule is CS(=O)(=O)Cn1c(C#N)cc2cc(CN3CCC(Nc4ncnc5sc(CC(F)(F)F)cc45)CC3)ccc21. The van der Waals surface area contributed by atoms with E-state index in [1.165, 1.54) is 17.0 Å². The first-order valence-corrected chi connectivity index (χ1v) is 14.8. The summed E-state index contributed by atoms with van der Waals surface area (Å²) in [5, 5.41) is 14.3. The maximum atomic E-state index is 12.8. The molecule has 0 aliphatic carbocycles. The van der Waals surface area contributed by atoms with Crippen LogP contribution in [0.1, 0.15) is 29.0 Å². The molecule has 0 radical (unpaired) electrons. The monoisotopic (exact) mass is 562 g/mol. The van der Waals surface area contributed by atoms with Crippen molar-refractivity contribution in [1.29, 1.82) is 5.26 Å². The Morgan fingerprint density at radius 3 is 2.63 bits per heavy atom. The lowest BCUT2D eigenvalue weighted by Gasteiger charge is -2.32. The third-order valence-electron chi connectivity index (χ3n) is 6.53. The van der Waals surface area contributed by atoms with Gasteiger partial charge in [0, 0.05) is 42.2 Å². The number of nitriles is 1. The van der Waals surface area contributed by atoms with Gasteiger partial charge in [-0.25, -0.2) is 18.4 Å². The number of sulfone groups is 1. The molecule has 13 heteroatoms. The lowest BCUT2D eigenvalue weighted by Crippen LogP contribution is -2.38. The van der Waals surface area contributed by atoms with E-state index in [1.54, 1.807) is 6.07 Å². The van der Waals surface area contributed by atoms with E-state index in [2.05, 4.69) is 26.3 Å². The Bertz CT molecular complexity index is 1630. The average Bonchev–Trinajstić information content (AvgIpc) is 3.39. The molecule has 1 aromatic carbocycles. The maximum absolute atomic E-state index is 12.8. The number of thiophene rings is 1. The van der Waals surface area contributed by atoms with Crippen molar-refractivity contribution in [3.63, 3.8) is 0 Å². The zero-order chi connectivity index (χ0) is 27.1. The molecule has 0 amide bonds. The van der Waals surface area contributed by atoms with Gasteiger partial charge in [-0.15, -0.1) is 11.3 Å². The summed E-state index contributed by atoms with van der Waals surface area (Å²) in [5.74, 6) is 0.322. The molecule has 1 aliphatic heterocycles. The highest BCUT2D eigenvalue weighted by Crippen LogP contribution is 2.33. The molecular formula is C25H25F3N6O2S2. The number of aromatic nitrogens is 3. The highest BCUT2D eigenvalue weighted by molar-refractivity contribution is 7.89. The van der Waals surface area contributed by atoms with E-state index in [4.69, 9.17) is 0 Å². The minimum atomic E-state index is -4.27. The number of rotatable bonds is 7. The fourth-order valence-corrected chi connectivity index (χ4v) is 6.65. The third-order valence-corrected chi connectivity index (χ3v) is 8.30. The molecule has 0 unspecified atom stereocenters. The minimum Gasteiger partial charge on any atom is -0.367 e. The normalized spacial score (nSPS) is 15.8. The Balaban J connectivity index is 1.23. The summed E-state index contributed by atoms with van der Waals surface area (Å²) in [6.07, 6.45) is -1.03. The molecule has 3 aromatic heterocycles. The largest absolute Gasteiger partial charge is 0.393 e. The van der Waals surface area contributed by atoms with Gasteiger partial charge >= 0.3 is 6.18 Å². The second-order valence-corrected chi connectivity index (χ2v) is 12.9. The Kier molecular flexibility index (Phi) is 7.06. The molecule has 0 bridgehead atoms. The van der Waals surface area contributed by atoms with Gasteiger partial charge in [-0.3, -0.25) is 4.90 Å². The van der Waals surface area contributed by atoms with Gasteiger partial charge in [-0.2, -0.15) is 18.4 Å². The van der Waals surface area contributed by atoms with Crippen LogP contribution in [0.4, 0.5) is 19.0 Å². The molecule has 0 saturated carbocycles. The summed E-state index contributed by atoms with van der Waals surface area (Å²) in [5.41, 5.74) is 2.09. The van der Waals surface area contributed by atoms with Crippen LogP contribution in [-0.4, -0.2) is 59.4 Å². The average molecular weight is 563 g/mol. The first-order valence-electron chi connectivity index (χ1n) is 12.0. The van der Waals surface area contributed by atoms with Gasteiger partial charge in [0.2, 0.25) is 0 Å². The van der Waals surface area contributed by atoms with E-state index in [0.717, 1.165) is 54.5 Å². The van der Waals surface area contributed by atoms with Crippen molar-refractivity contribution in [3.8, 4) is 6.07 Å². The number of anilines is 1. The lowest BCUT2D eigenvalue weighted by atomic mass is 10.0. The summed E-state index contributed by atoms with van der Waals surface area (Å²) >= 11 is 1.04. The van der Waals surface area contributed by atoms with E-state index in [0.29, 0.717) is 33.8 Å². The standard InChI is InChI=1S/C25H25F3N6O2S2/c1-38(35,36)15-34-19(12-29)9-17-8-16(2-3-22(17)34)13-33-6-4-18(5-7-33)32-23-21-10-20(11-25(26,27)28)37-24(21)31-14-30-23/h2-3,8-10,14,18H,4-7,11,13,15H2,1H3,(H,30,31,32). The van der Waals surface area contributed by atoms with Gasteiger partial charge in [0.15, 0.2) is 9.84 Å². The van der Waals surface area contributed by atoms with Gasteiger partial charge in [0.1, 0.15) is 34.6 Å². The Morgan fingerprint density at radius 2 is 1.95 bits per heavy atom. The smallest absolute Gasteiger partial charge is 0.367 e. The van der Waals surface area contributed by atoms with Crippen molar-refractivity contribution >= 4 is 48.1 Å². The van der Waals surface area contributed by atoms with Gasteiger partial charge in [0.25, 0.3) is 0 Å². The van der Waals surface area contributed by atoms with Gasteiger partial charge in [0.05, 0.1) is 17.3 Å². The van der Waals surface area contributed by atoms with E-state index in [-0.39, 0.29) is 16.8 Å². The number of nitrogens with zero attached hydrogens (tertiary/aromatic N) is 5. The molecule has 1 N–H and O–H groups in total. The van der Waals surface area contributed by atoms with Crippen LogP contribution in [0, 0.1) is 11.3 Å². The number of hydrogen-bond donors (Lipinski definition) is 1. The summed E-state index contributed by atoms with van der Waals surface area (Å²) < 4.78 is 63.6. The van der Waals surface area contributed by atoms with Crippen LogP contribution >= 0.6 is 11.3 Å². The van der Waals surface area contributed by atoms with Crippen molar-refractivity contribution in [3.05, 3.63) is 52.8 Å². The highest BCUT2D eigenvalue weighted by atomic mass is 32.2. The van der Waals surface area contributed by atoms with Crippen molar-refractivity contribution in [2.24, 2.45) is 0 Å². The topological polar surface area (TPSA) is 104 Å². The summed E-state index contributed by atoms with van der Waals surface area (Å²) in [6.45, 7) is 2.36. The molecule has 5 rings (SSSR count). The van der Waals surface area contributed by atoms with Gasteiger partial charge in [-0.1, -0.05) is 6.07 Å². The van der Waals surface area contributed by atoms with E-state index in [9.17, 15) is 26.9 Å². The van der Waals surface area contributed by atoms with Crippen molar-refractivity contribution in [2.75, 3.05) is 24.7 Å². The van der Waals surface area contributed by atoms with Gasteiger partial charge in [-0.05, 0) is 42.7 Å². The Hall–Kier alpha value is -3.21. The van der Waals surface area contributed by atoms with Crippen molar-refractivity contribution in [1.82, 2.24) is 19.4 Å². The number of benzene rings is 1. The molecule has 4 heterocycles. The van der Waals surface area contributed by atoms with E-state index in [1.807, 2.05) is 18.2 Å². The second kappa shape index (κ2) is 10.2. The summed E-state index contributed by atoms with van der Waals surface area (Å²) in [7, 11) is -3.31. The number of fused-ring (bicyclic) bond motifs is 2. The molecule has 1 fully saturated rings. The quantitative estimate of drug-likeness (QED) is 0.348. The molecule has 1 saturated heterocycles. The fourth-order valence-electron chi connectivity index (χ4n) is 4.88. The molecular weight excluding hydrogens is 537 g/mol. The maximum Gasteiger partial charge on any atom is 0.393 e. The van der Waals surface area contributed by atoms with Crippen LogP contribution in [0.15, 0.2) is 36.7 Å². The number of nitrogens with one attached hydrogen (secondary N) is 1. The van der Waals surface area contributed by atoms with Crippen LogP contribution in [0.2, 0.25) is 0 Å². The highest BCUT2D eigenvalue weighted by Gasteiger charge is 2.29. The first kappa shape index (κ1) is 26.4. The lowest BCUT2D eigenvalue weighted by molar-refractivity contribution is -0.126. The van der Waals surface area contributed by atoms with Crippen molar-refractivity contribution < 1.29 is 21.6 Å². The zero-order valence-electron chi connectivity index (χ0n) is 20.5. The van der Waals surface area contributed by atoms with Crippen LogP contribution in [0.25, 0.3) is 21.1 Å². The van der Waals surface area contributed by atoms with E-state index < -0.39 is 22.4 Å². The van der Waals surface area contributed by atoms with Crippen LogP contribution in [-0.2, 0) is 28.7 Å². The van der Waals surface area contributed by atoms with Gasteiger partial charge < -0.3 is 9.88 Å². The number of halogens is 3. The predicted octanol–water partition coefficient (Wildman–Crippen LogP) is 4.70. The number of hydrogen-bond acceptors (Lipinski definition) is 8. The molecule has 200 valence electrons. The van der Waals surface area contributed by atoms with Crippen LogP contribution in [0.5, 0.6) is 0 Å². The predicted molar refractivity (Wildman–Crippen MR) is 141 cm³/mol. The molecule has 0 atom stereocenters. The Labute approximate surface area is 221 Å². The number of alkyl halides is 3. The molecule has 4 aromatic rings. The number of piperidine rings is 1. The zero-order valence-corrected chi connectivity index (χ0v) is 22.1. The Morgan fingerprint density at radius 1 is 1.18 bits per heavy atom. The fraction of sp³-hybridized carbons (Fsp3) is 0.400. The molecule has 0 spiro atoms.